The van der Waals surface area contributed by atoms with Crippen molar-refractivity contribution in [3.63, 3.8) is 0 Å². The summed E-state index contributed by atoms with van der Waals surface area (Å²) in [6.07, 6.45) is 2.49. The van der Waals surface area contributed by atoms with Crippen molar-refractivity contribution in [2.45, 2.75) is 18.9 Å². The Morgan fingerprint density at radius 2 is 2.62 bits per heavy atom. The fourth-order valence-electron chi connectivity index (χ4n) is 1.02. The lowest BCUT2D eigenvalue weighted by Gasteiger charge is -2.04. The first-order chi connectivity index (χ1) is 3.93. The summed E-state index contributed by atoms with van der Waals surface area (Å²) in [5.74, 6) is 0. The molecule has 0 aliphatic carbocycles. The summed E-state index contributed by atoms with van der Waals surface area (Å²) in [6.45, 7) is 1.87. The van der Waals surface area contributed by atoms with Crippen molar-refractivity contribution in [1.29, 1.82) is 0 Å². The zero-order valence-corrected chi connectivity index (χ0v) is 5.26. The maximum Gasteiger partial charge on any atom is 0.0632 e. The molecule has 1 atom stereocenters. The highest BCUT2D eigenvalue weighted by Crippen LogP contribution is 2.05. The van der Waals surface area contributed by atoms with Crippen molar-refractivity contribution in [3.8, 4) is 0 Å². The largest absolute Gasteiger partial charge is 0.383 e. The normalized spacial score (nSPS) is 28.9. The molecule has 8 heavy (non-hydrogen) atoms. The molecule has 1 rings (SSSR count). The molecule has 0 unspecified atom stereocenters. The van der Waals surface area contributed by atoms with Crippen molar-refractivity contribution in [1.82, 2.24) is 5.32 Å². The van der Waals surface area contributed by atoms with Gasteiger partial charge in [0.2, 0.25) is 0 Å². The second-order valence-corrected chi connectivity index (χ2v) is 2.16. The SMILES string of the molecule is COC[C@@H]1CCC[N]1. The Labute approximate surface area is 50.2 Å². The molecule has 0 aromatic rings. The smallest absolute Gasteiger partial charge is 0.0632 e. The molecule has 2 heteroatoms. The highest BCUT2D eigenvalue weighted by Gasteiger charge is 2.13. The van der Waals surface area contributed by atoms with Crippen molar-refractivity contribution < 1.29 is 4.74 Å². The van der Waals surface area contributed by atoms with Crippen LogP contribution in [0.1, 0.15) is 12.8 Å². The molecule has 0 N–H and O–H groups in total. The maximum atomic E-state index is 4.93. The summed E-state index contributed by atoms with van der Waals surface area (Å²) in [5.41, 5.74) is 0. The average molecular weight is 114 g/mol. The van der Waals surface area contributed by atoms with Crippen LogP contribution in [0.4, 0.5) is 0 Å². The van der Waals surface area contributed by atoms with Gasteiger partial charge in [-0.1, -0.05) is 0 Å². The summed E-state index contributed by atoms with van der Waals surface area (Å²) < 4.78 is 4.93. The quantitative estimate of drug-likeness (QED) is 0.509. The standard InChI is InChI=1S/C6H12NO/c1-8-5-6-3-2-4-7-6/h6H,2-5H2,1H3/t6-/m0/s1. The molecule has 2 nitrogen and oxygen atoms in total. The molecular weight excluding hydrogens is 102 g/mol. The van der Waals surface area contributed by atoms with Gasteiger partial charge in [0, 0.05) is 19.7 Å². The van der Waals surface area contributed by atoms with E-state index in [0.717, 1.165) is 13.2 Å². The van der Waals surface area contributed by atoms with Gasteiger partial charge < -0.3 is 4.74 Å². The summed E-state index contributed by atoms with van der Waals surface area (Å²) >= 11 is 0. The predicted molar refractivity (Wildman–Crippen MR) is 31.9 cm³/mol. The van der Waals surface area contributed by atoms with E-state index < -0.39 is 0 Å². The lowest BCUT2D eigenvalue weighted by Crippen LogP contribution is -2.19. The van der Waals surface area contributed by atoms with Crippen LogP contribution in [-0.2, 0) is 4.74 Å². The molecule has 1 fully saturated rings. The Hall–Kier alpha value is -0.0800. The topological polar surface area (TPSA) is 23.3 Å². The molecule has 1 aliphatic rings. The molecule has 1 heterocycles. The van der Waals surface area contributed by atoms with E-state index in [9.17, 15) is 0 Å². The van der Waals surface area contributed by atoms with E-state index in [1.807, 2.05) is 0 Å². The van der Waals surface area contributed by atoms with Crippen LogP contribution in [0.5, 0.6) is 0 Å². The summed E-state index contributed by atoms with van der Waals surface area (Å²) in [5, 5.41) is 4.30. The number of hydrogen-bond donors (Lipinski definition) is 0. The maximum absolute atomic E-state index is 4.93. The lowest BCUT2D eigenvalue weighted by atomic mass is 10.2. The van der Waals surface area contributed by atoms with Crippen LogP contribution in [0.2, 0.25) is 0 Å². The monoisotopic (exact) mass is 114 g/mol. The zero-order valence-electron chi connectivity index (χ0n) is 5.26. The molecule has 0 aromatic carbocycles. The van der Waals surface area contributed by atoms with Gasteiger partial charge in [0.25, 0.3) is 0 Å². The molecule has 1 saturated heterocycles. The van der Waals surface area contributed by atoms with Gasteiger partial charge in [-0.05, 0) is 12.8 Å². The minimum atomic E-state index is 0.514. The van der Waals surface area contributed by atoms with Crippen molar-refractivity contribution in [2.24, 2.45) is 0 Å². The second kappa shape index (κ2) is 3.05. The average Bonchev–Trinajstić information content (AvgIpc) is 2.19. The van der Waals surface area contributed by atoms with Gasteiger partial charge in [0.15, 0.2) is 0 Å². The number of ether oxygens (including phenoxy) is 1. The van der Waals surface area contributed by atoms with Crippen molar-refractivity contribution in [2.75, 3.05) is 20.3 Å². The first-order valence-electron chi connectivity index (χ1n) is 3.09. The van der Waals surface area contributed by atoms with Crippen LogP contribution in [-0.4, -0.2) is 26.3 Å². The van der Waals surface area contributed by atoms with E-state index >= 15 is 0 Å². The minimum absolute atomic E-state index is 0.514. The third kappa shape index (κ3) is 1.46. The van der Waals surface area contributed by atoms with Gasteiger partial charge in [-0.2, -0.15) is 0 Å². The van der Waals surface area contributed by atoms with Gasteiger partial charge in [0.1, 0.15) is 0 Å². The van der Waals surface area contributed by atoms with Crippen LogP contribution in [0.3, 0.4) is 0 Å². The second-order valence-electron chi connectivity index (χ2n) is 2.16. The molecule has 0 aromatic heterocycles. The summed E-state index contributed by atoms with van der Waals surface area (Å²) in [4.78, 5) is 0. The van der Waals surface area contributed by atoms with Crippen molar-refractivity contribution >= 4 is 0 Å². The van der Waals surface area contributed by atoms with Crippen LogP contribution >= 0.6 is 0 Å². The molecule has 0 amide bonds. The van der Waals surface area contributed by atoms with Crippen LogP contribution in [0, 0.1) is 0 Å². The molecular formula is C6H12NO. The number of nitrogens with zero attached hydrogens (tertiary/aromatic N) is 1. The van der Waals surface area contributed by atoms with Gasteiger partial charge in [-0.15, -0.1) is 0 Å². The number of hydrogen-bond acceptors (Lipinski definition) is 1. The van der Waals surface area contributed by atoms with E-state index in [1.54, 1.807) is 7.11 Å². The van der Waals surface area contributed by atoms with E-state index in [0.29, 0.717) is 6.04 Å². The third-order valence-corrected chi connectivity index (χ3v) is 1.44. The Morgan fingerprint density at radius 3 is 3.12 bits per heavy atom. The van der Waals surface area contributed by atoms with E-state index in [-0.39, 0.29) is 0 Å². The predicted octanol–water partition coefficient (Wildman–Crippen LogP) is 0.400. The first-order valence-corrected chi connectivity index (χ1v) is 3.09. The molecule has 0 bridgehead atoms. The van der Waals surface area contributed by atoms with Gasteiger partial charge in [-0.3, -0.25) is 0 Å². The molecule has 0 saturated carbocycles. The van der Waals surface area contributed by atoms with Gasteiger partial charge >= 0.3 is 0 Å². The van der Waals surface area contributed by atoms with E-state index in [1.165, 1.54) is 12.8 Å². The first kappa shape index (κ1) is 6.05. The summed E-state index contributed by atoms with van der Waals surface area (Å²) in [6, 6.07) is 0.514. The Bertz CT molecular complexity index is 59.5. The van der Waals surface area contributed by atoms with Crippen LogP contribution < -0.4 is 5.32 Å². The highest BCUT2D eigenvalue weighted by atomic mass is 16.5. The van der Waals surface area contributed by atoms with Crippen LogP contribution in [0.15, 0.2) is 0 Å². The lowest BCUT2D eigenvalue weighted by molar-refractivity contribution is 0.172. The highest BCUT2D eigenvalue weighted by molar-refractivity contribution is 4.72. The number of methoxy groups -OCH3 is 1. The van der Waals surface area contributed by atoms with E-state index in [2.05, 4.69) is 5.32 Å². The Kier molecular flexibility index (Phi) is 2.30. The van der Waals surface area contributed by atoms with Crippen molar-refractivity contribution in [3.05, 3.63) is 0 Å². The minimum Gasteiger partial charge on any atom is -0.383 e. The zero-order chi connectivity index (χ0) is 5.82. The molecule has 1 aliphatic heterocycles. The third-order valence-electron chi connectivity index (χ3n) is 1.44. The molecule has 47 valence electrons. The molecule has 1 radical (unpaired) electrons. The van der Waals surface area contributed by atoms with Crippen LogP contribution in [0.25, 0.3) is 0 Å². The Balaban J connectivity index is 2.06. The van der Waals surface area contributed by atoms with E-state index in [4.69, 9.17) is 4.74 Å². The van der Waals surface area contributed by atoms with Gasteiger partial charge in [-0.25, -0.2) is 5.32 Å². The summed E-state index contributed by atoms with van der Waals surface area (Å²) in [7, 11) is 1.73. The molecule has 0 spiro atoms. The Morgan fingerprint density at radius 1 is 1.75 bits per heavy atom. The fourth-order valence-corrected chi connectivity index (χ4v) is 1.02. The number of rotatable bonds is 2. The fraction of sp³-hybridized carbons (Fsp3) is 1.00. The van der Waals surface area contributed by atoms with Gasteiger partial charge in [0.05, 0.1) is 6.61 Å².